The Morgan fingerprint density at radius 2 is 1.79 bits per heavy atom. The smallest absolute Gasteiger partial charge is 0.244 e. The highest BCUT2D eigenvalue weighted by Gasteiger charge is 2.21. The van der Waals surface area contributed by atoms with Gasteiger partial charge in [-0.05, 0) is 26.7 Å². The van der Waals surface area contributed by atoms with E-state index in [0.717, 1.165) is 25.9 Å². The van der Waals surface area contributed by atoms with Gasteiger partial charge >= 0.3 is 0 Å². The van der Waals surface area contributed by atoms with Crippen molar-refractivity contribution >= 4 is 11.9 Å². The van der Waals surface area contributed by atoms with E-state index >= 15 is 0 Å². The fourth-order valence-electron chi connectivity index (χ4n) is 2.58. The highest BCUT2D eigenvalue weighted by atomic mass is 16.2. The molecule has 1 aliphatic rings. The molecule has 0 saturated heterocycles. The minimum Gasteiger partial charge on any atom is -0.370 e. The van der Waals surface area contributed by atoms with Gasteiger partial charge in [0.2, 0.25) is 5.91 Å². The predicted molar refractivity (Wildman–Crippen MR) is 79.1 cm³/mol. The van der Waals surface area contributed by atoms with Crippen LogP contribution in [-0.2, 0) is 4.79 Å². The average molecular weight is 268 g/mol. The Hall–Kier alpha value is -1.26. The average Bonchev–Trinajstić information content (AvgIpc) is 2.46. The Balaban J connectivity index is 2.47. The standard InChI is InChI=1S/C14H28N4O/c1-4-18(5-2)14(15)16-11-13(19)17(3)12-9-7-6-8-10-12/h12H,4-11H2,1-3H3,(H2,15,16). The molecule has 0 aromatic rings. The number of likely N-dealkylation sites (N-methyl/N-ethyl adjacent to an activating group) is 1. The Bertz CT molecular complexity index is 307. The summed E-state index contributed by atoms with van der Waals surface area (Å²) < 4.78 is 0. The fourth-order valence-corrected chi connectivity index (χ4v) is 2.58. The zero-order chi connectivity index (χ0) is 14.3. The molecule has 0 spiro atoms. The van der Waals surface area contributed by atoms with Crippen LogP contribution in [0.3, 0.4) is 0 Å². The van der Waals surface area contributed by atoms with Gasteiger partial charge in [-0.2, -0.15) is 0 Å². The third kappa shape index (κ3) is 4.73. The van der Waals surface area contributed by atoms with Crippen molar-refractivity contribution in [1.82, 2.24) is 9.80 Å². The van der Waals surface area contributed by atoms with E-state index in [4.69, 9.17) is 5.73 Å². The molecule has 5 nitrogen and oxygen atoms in total. The molecule has 0 aliphatic heterocycles. The first-order valence-corrected chi connectivity index (χ1v) is 7.40. The van der Waals surface area contributed by atoms with Gasteiger partial charge in [0.1, 0.15) is 6.54 Å². The molecule has 1 saturated carbocycles. The number of carbonyl (C=O) groups excluding carboxylic acids is 1. The van der Waals surface area contributed by atoms with Gasteiger partial charge in [0.05, 0.1) is 0 Å². The quantitative estimate of drug-likeness (QED) is 0.606. The second-order valence-electron chi connectivity index (χ2n) is 5.14. The maximum absolute atomic E-state index is 12.1. The van der Waals surface area contributed by atoms with E-state index in [1.165, 1.54) is 19.3 Å². The van der Waals surface area contributed by atoms with E-state index in [9.17, 15) is 4.79 Å². The molecule has 1 amide bonds. The zero-order valence-electron chi connectivity index (χ0n) is 12.6. The van der Waals surface area contributed by atoms with Crippen LogP contribution < -0.4 is 5.73 Å². The van der Waals surface area contributed by atoms with Crippen LogP contribution in [0.2, 0.25) is 0 Å². The molecule has 0 radical (unpaired) electrons. The molecule has 0 heterocycles. The number of nitrogens with two attached hydrogens (primary N) is 1. The summed E-state index contributed by atoms with van der Waals surface area (Å²) in [5.74, 6) is 0.539. The number of hydrogen-bond donors (Lipinski definition) is 1. The molecule has 1 aliphatic carbocycles. The third-order valence-corrected chi connectivity index (χ3v) is 3.98. The lowest BCUT2D eigenvalue weighted by Gasteiger charge is -2.31. The van der Waals surface area contributed by atoms with Crippen molar-refractivity contribution in [2.75, 3.05) is 26.7 Å². The third-order valence-electron chi connectivity index (χ3n) is 3.98. The van der Waals surface area contributed by atoms with E-state index in [0.29, 0.717) is 12.0 Å². The molecular weight excluding hydrogens is 240 g/mol. The van der Waals surface area contributed by atoms with Crippen molar-refractivity contribution in [1.29, 1.82) is 0 Å². The Morgan fingerprint density at radius 3 is 2.32 bits per heavy atom. The number of rotatable bonds is 5. The molecule has 5 heteroatoms. The molecular formula is C14H28N4O. The molecule has 1 rings (SSSR count). The number of hydrogen-bond acceptors (Lipinski definition) is 2. The van der Waals surface area contributed by atoms with Crippen LogP contribution in [0.25, 0.3) is 0 Å². The summed E-state index contributed by atoms with van der Waals surface area (Å²) in [5, 5.41) is 0. The highest BCUT2D eigenvalue weighted by molar-refractivity contribution is 5.84. The minimum absolute atomic E-state index is 0.0713. The first kappa shape index (κ1) is 15.8. The summed E-state index contributed by atoms with van der Waals surface area (Å²) in [6.45, 7) is 5.86. The van der Waals surface area contributed by atoms with Gasteiger partial charge in [-0.1, -0.05) is 19.3 Å². The van der Waals surface area contributed by atoms with Gasteiger partial charge in [-0.3, -0.25) is 4.79 Å². The van der Waals surface area contributed by atoms with Crippen LogP contribution in [0.4, 0.5) is 0 Å². The Kier molecular flexibility index (Phi) is 6.67. The van der Waals surface area contributed by atoms with E-state index in [1.807, 2.05) is 30.7 Å². The first-order valence-electron chi connectivity index (χ1n) is 7.40. The van der Waals surface area contributed by atoms with Crippen molar-refractivity contribution in [3.05, 3.63) is 0 Å². The molecule has 0 aromatic carbocycles. The predicted octanol–water partition coefficient (Wildman–Crippen LogP) is 1.43. The monoisotopic (exact) mass is 268 g/mol. The van der Waals surface area contributed by atoms with Gasteiger partial charge in [-0.15, -0.1) is 0 Å². The van der Waals surface area contributed by atoms with E-state index < -0.39 is 0 Å². The number of guanidine groups is 1. The topological polar surface area (TPSA) is 61.9 Å². The summed E-state index contributed by atoms with van der Waals surface area (Å²) in [6.07, 6.45) is 6.00. The minimum atomic E-state index is 0.0713. The molecule has 2 N–H and O–H groups in total. The molecule has 19 heavy (non-hydrogen) atoms. The summed E-state index contributed by atoms with van der Waals surface area (Å²) >= 11 is 0. The van der Waals surface area contributed by atoms with E-state index in [1.54, 1.807) is 0 Å². The zero-order valence-corrected chi connectivity index (χ0v) is 12.6. The largest absolute Gasteiger partial charge is 0.370 e. The fraction of sp³-hybridized carbons (Fsp3) is 0.857. The van der Waals surface area contributed by atoms with Crippen molar-refractivity contribution in [3.63, 3.8) is 0 Å². The van der Waals surface area contributed by atoms with Crippen LogP contribution in [0.5, 0.6) is 0 Å². The lowest BCUT2D eigenvalue weighted by Crippen LogP contribution is -2.41. The molecule has 1 fully saturated rings. The number of amides is 1. The van der Waals surface area contributed by atoms with Gasteiger partial charge in [0.25, 0.3) is 0 Å². The molecule has 0 atom stereocenters. The summed E-state index contributed by atoms with van der Waals surface area (Å²) in [5.41, 5.74) is 5.87. The van der Waals surface area contributed by atoms with Crippen LogP contribution in [0, 0.1) is 0 Å². The van der Waals surface area contributed by atoms with Gasteiger partial charge < -0.3 is 15.5 Å². The first-order chi connectivity index (χ1) is 9.10. The summed E-state index contributed by atoms with van der Waals surface area (Å²) in [4.78, 5) is 20.1. The normalized spacial score (nSPS) is 17.3. The lowest BCUT2D eigenvalue weighted by atomic mass is 9.94. The van der Waals surface area contributed by atoms with Crippen molar-refractivity contribution < 1.29 is 4.79 Å². The summed E-state index contributed by atoms with van der Waals surface area (Å²) in [6, 6.07) is 0.395. The maximum atomic E-state index is 12.1. The van der Waals surface area contributed by atoms with Gasteiger partial charge in [-0.25, -0.2) is 4.99 Å². The lowest BCUT2D eigenvalue weighted by molar-refractivity contribution is -0.130. The molecule has 0 bridgehead atoms. The van der Waals surface area contributed by atoms with E-state index in [2.05, 4.69) is 4.99 Å². The Labute approximate surface area is 116 Å². The molecule has 110 valence electrons. The molecule has 0 unspecified atom stereocenters. The van der Waals surface area contributed by atoms with Crippen molar-refractivity contribution in [2.45, 2.75) is 52.0 Å². The van der Waals surface area contributed by atoms with Crippen LogP contribution in [0.1, 0.15) is 46.0 Å². The van der Waals surface area contributed by atoms with Gasteiger partial charge in [0.15, 0.2) is 5.96 Å². The highest BCUT2D eigenvalue weighted by Crippen LogP contribution is 2.21. The second kappa shape index (κ2) is 8.02. The van der Waals surface area contributed by atoms with Gasteiger partial charge in [0, 0.05) is 26.2 Å². The van der Waals surface area contributed by atoms with Crippen molar-refractivity contribution in [2.24, 2.45) is 10.7 Å². The van der Waals surface area contributed by atoms with Crippen LogP contribution >= 0.6 is 0 Å². The van der Waals surface area contributed by atoms with Crippen LogP contribution in [0.15, 0.2) is 4.99 Å². The molecule has 0 aromatic heterocycles. The van der Waals surface area contributed by atoms with E-state index in [-0.39, 0.29) is 12.5 Å². The maximum Gasteiger partial charge on any atom is 0.244 e. The number of aliphatic imine (C=N–C) groups is 1. The number of nitrogens with zero attached hydrogens (tertiary/aromatic N) is 3. The Morgan fingerprint density at radius 1 is 1.21 bits per heavy atom. The van der Waals surface area contributed by atoms with Crippen molar-refractivity contribution in [3.8, 4) is 0 Å². The SMILES string of the molecule is CCN(CC)C(N)=NCC(=O)N(C)C1CCCCC1. The number of carbonyl (C=O) groups is 1. The summed E-state index contributed by atoms with van der Waals surface area (Å²) in [7, 11) is 1.89. The van der Waals surface area contributed by atoms with Crippen LogP contribution in [-0.4, -0.2) is 54.4 Å². The second-order valence-corrected chi connectivity index (χ2v) is 5.14.